The zero-order valence-corrected chi connectivity index (χ0v) is 16.2. The molecule has 3 aromatic rings. The summed E-state index contributed by atoms with van der Waals surface area (Å²) in [6.07, 6.45) is 0. The monoisotopic (exact) mass is 382 g/mol. The van der Waals surface area contributed by atoms with E-state index in [4.69, 9.17) is 24.7 Å². The Morgan fingerprint density at radius 2 is 1.14 bits per heavy atom. The van der Waals surface area contributed by atoms with E-state index in [2.05, 4.69) is 4.98 Å². The predicted molar refractivity (Wildman–Crippen MR) is 106 cm³/mol. The number of benzene rings is 2. The number of carbonyl (C=O) groups excluding carboxylic acids is 1. The number of primary amides is 1. The number of methoxy groups -OCH3 is 4. The van der Waals surface area contributed by atoms with Gasteiger partial charge in [-0.05, 0) is 35.9 Å². The van der Waals surface area contributed by atoms with Gasteiger partial charge in [0.2, 0.25) is 0 Å². The third-order valence-corrected chi connectivity index (χ3v) is 4.39. The summed E-state index contributed by atoms with van der Waals surface area (Å²) in [5.41, 5.74) is 8.77. The SMILES string of the molecule is COc1cc(OC)cc(-c2cc(-c3cc(OC)cc(OC)c3)c(C(N)=O)[nH]2)c1. The standard InChI is InChI=1S/C21H22N2O5/c1-25-14-5-12(6-15(9-14)26-2)18-11-19(23-20(18)21(22)24)13-7-16(27-3)10-17(8-13)28-4/h5-11,23H,1-4H3,(H2,22,24). The van der Waals surface area contributed by atoms with E-state index in [1.807, 2.05) is 30.3 Å². The zero-order chi connectivity index (χ0) is 20.3. The maximum absolute atomic E-state index is 12.1. The van der Waals surface area contributed by atoms with Gasteiger partial charge in [0.1, 0.15) is 28.7 Å². The Balaban J connectivity index is 2.18. The molecular formula is C21H22N2O5. The van der Waals surface area contributed by atoms with Crippen LogP contribution in [-0.4, -0.2) is 39.3 Å². The number of aromatic nitrogens is 1. The van der Waals surface area contributed by atoms with Crippen molar-refractivity contribution in [3.8, 4) is 45.4 Å². The number of amides is 1. The molecule has 0 fully saturated rings. The van der Waals surface area contributed by atoms with Gasteiger partial charge in [-0.15, -0.1) is 0 Å². The van der Waals surface area contributed by atoms with Gasteiger partial charge < -0.3 is 29.7 Å². The lowest BCUT2D eigenvalue weighted by Crippen LogP contribution is -2.12. The van der Waals surface area contributed by atoms with Gasteiger partial charge in [0, 0.05) is 29.0 Å². The first-order valence-electron chi connectivity index (χ1n) is 8.48. The lowest BCUT2D eigenvalue weighted by Gasteiger charge is -2.08. The molecule has 0 saturated carbocycles. The summed E-state index contributed by atoms with van der Waals surface area (Å²) < 4.78 is 21.3. The van der Waals surface area contributed by atoms with E-state index in [9.17, 15) is 4.79 Å². The number of nitrogens with two attached hydrogens (primary N) is 1. The minimum Gasteiger partial charge on any atom is -0.497 e. The van der Waals surface area contributed by atoms with Crippen molar-refractivity contribution in [2.75, 3.05) is 28.4 Å². The molecule has 3 N–H and O–H groups in total. The second-order valence-corrected chi connectivity index (χ2v) is 6.04. The quantitative estimate of drug-likeness (QED) is 0.652. The fourth-order valence-electron chi connectivity index (χ4n) is 2.96. The maximum atomic E-state index is 12.1. The molecule has 0 aliphatic rings. The zero-order valence-electron chi connectivity index (χ0n) is 16.2. The molecule has 3 rings (SSSR count). The Morgan fingerprint density at radius 1 is 0.714 bits per heavy atom. The van der Waals surface area contributed by atoms with Crippen LogP contribution in [0.5, 0.6) is 23.0 Å². The molecule has 1 heterocycles. The first kappa shape index (κ1) is 19.2. The van der Waals surface area contributed by atoms with Gasteiger partial charge in [0.05, 0.1) is 28.4 Å². The number of ether oxygens (including phenoxy) is 4. The lowest BCUT2D eigenvalue weighted by atomic mass is 10.0. The lowest BCUT2D eigenvalue weighted by molar-refractivity contribution is 0.0997. The predicted octanol–water partition coefficient (Wildman–Crippen LogP) is 3.48. The van der Waals surface area contributed by atoms with Crippen LogP contribution in [0.25, 0.3) is 22.4 Å². The molecule has 0 radical (unpaired) electrons. The summed E-state index contributed by atoms with van der Waals surface area (Å²) >= 11 is 0. The van der Waals surface area contributed by atoms with Crippen molar-refractivity contribution < 1.29 is 23.7 Å². The van der Waals surface area contributed by atoms with Crippen molar-refractivity contribution in [3.05, 3.63) is 48.2 Å². The third kappa shape index (κ3) is 3.73. The Bertz CT molecular complexity index is 966. The molecule has 28 heavy (non-hydrogen) atoms. The van der Waals surface area contributed by atoms with Crippen molar-refractivity contribution in [3.63, 3.8) is 0 Å². The molecule has 0 unspecified atom stereocenters. The molecule has 7 nitrogen and oxygen atoms in total. The Morgan fingerprint density at radius 3 is 1.54 bits per heavy atom. The largest absolute Gasteiger partial charge is 0.497 e. The Hall–Kier alpha value is -3.61. The topological polar surface area (TPSA) is 95.8 Å². The maximum Gasteiger partial charge on any atom is 0.265 e. The van der Waals surface area contributed by atoms with Crippen LogP contribution >= 0.6 is 0 Å². The summed E-state index contributed by atoms with van der Waals surface area (Å²) in [4.78, 5) is 15.2. The number of rotatable bonds is 7. The summed E-state index contributed by atoms with van der Waals surface area (Å²) in [5.74, 6) is 1.91. The van der Waals surface area contributed by atoms with Gasteiger partial charge in [-0.25, -0.2) is 0 Å². The minimum absolute atomic E-state index is 0.284. The summed E-state index contributed by atoms with van der Waals surface area (Å²) in [7, 11) is 6.29. The average Bonchev–Trinajstić information content (AvgIpc) is 3.18. The number of H-pyrrole nitrogens is 1. The van der Waals surface area contributed by atoms with Crippen LogP contribution in [0.1, 0.15) is 10.5 Å². The molecule has 7 heteroatoms. The molecule has 0 atom stereocenters. The molecule has 0 aliphatic carbocycles. The molecule has 0 saturated heterocycles. The Labute approximate surface area is 163 Å². The number of aromatic amines is 1. The van der Waals surface area contributed by atoms with E-state index in [0.29, 0.717) is 34.3 Å². The summed E-state index contributed by atoms with van der Waals surface area (Å²) in [6.45, 7) is 0. The third-order valence-electron chi connectivity index (χ3n) is 4.39. The van der Waals surface area contributed by atoms with Crippen molar-refractivity contribution >= 4 is 5.91 Å². The highest BCUT2D eigenvalue weighted by Crippen LogP contribution is 2.36. The van der Waals surface area contributed by atoms with Gasteiger partial charge >= 0.3 is 0 Å². The van der Waals surface area contributed by atoms with Gasteiger partial charge in [-0.2, -0.15) is 0 Å². The second-order valence-electron chi connectivity index (χ2n) is 6.04. The smallest absolute Gasteiger partial charge is 0.265 e. The molecule has 0 bridgehead atoms. The normalized spacial score (nSPS) is 10.4. The second kappa shape index (κ2) is 7.96. The number of carbonyl (C=O) groups is 1. The van der Waals surface area contributed by atoms with Crippen LogP contribution < -0.4 is 24.7 Å². The molecule has 2 aromatic carbocycles. The molecule has 0 spiro atoms. The number of hydrogen-bond donors (Lipinski definition) is 2. The molecule has 1 amide bonds. The van der Waals surface area contributed by atoms with Crippen molar-refractivity contribution in [1.82, 2.24) is 4.98 Å². The van der Waals surface area contributed by atoms with Crippen molar-refractivity contribution in [1.29, 1.82) is 0 Å². The molecule has 146 valence electrons. The van der Waals surface area contributed by atoms with Crippen molar-refractivity contribution in [2.45, 2.75) is 0 Å². The summed E-state index contributed by atoms with van der Waals surface area (Å²) in [5, 5.41) is 0. The van der Waals surface area contributed by atoms with Gasteiger partial charge in [0.15, 0.2) is 0 Å². The first-order valence-corrected chi connectivity index (χ1v) is 8.48. The van der Waals surface area contributed by atoms with E-state index < -0.39 is 5.91 Å². The number of hydrogen-bond acceptors (Lipinski definition) is 5. The molecule has 1 aromatic heterocycles. The van der Waals surface area contributed by atoms with Crippen LogP contribution in [0.15, 0.2) is 42.5 Å². The molecular weight excluding hydrogens is 360 g/mol. The highest BCUT2D eigenvalue weighted by molar-refractivity contribution is 6.00. The van der Waals surface area contributed by atoms with Gasteiger partial charge in [-0.3, -0.25) is 4.79 Å². The summed E-state index contributed by atoms with van der Waals surface area (Å²) in [6, 6.07) is 12.7. The van der Waals surface area contributed by atoms with Crippen LogP contribution in [0.3, 0.4) is 0 Å². The van der Waals surface area contributed by atoms with Crippen molar-refractivity contribution in [2.24, 2.45) is 5.73 Å². The van der Waals surface area contributed by atoms with E-state index in [-0.39, 0.29) is 5.69 Å². The van der Waals surface area contributed by atoms with Crippen LogP contribution in [0, 0.1) is 0 Å². The van der Waals surface area contributed by atoms with Gasteiger partial charge in [-0.1, -0.05) is 0 Å². The fourth-order valence-corrected chi connectivity index (χ4v) is 2.96. The Kier molecular flexibility index (Phi) is 5.44. The van der Waals surface area contributed by atoms with Crippen LogP contribution in [-0.2, 0) is 0 Å². The van der Waals surface area contributed by atoms with Gasteiger partial charge in [0.25, 0.3) is 5.91 Å². The van der Waals surface area contributed by atoms with E-state index >= 15 is 0 Å². The number of nitrogens with one attached hydrogen (secondary N) is 1. The minimum atomic E-state index is -0.571. The highest BCUT2D eigenvalue weighted by Gasteiger charge is 2.18. The van der Waals surface area contributed by atoms with E-state index in [1.165, 1.54) is 0 Å². The average molecular weight is 382 g/mol. The van der Waals surface area contributed by atoms with Crippen LogP contribution in [0.2, 0.25) is 0 Å². The first-order chi connectivity index (χ1) is 13.5. The van der Waals surface area contributed by atoms with E-state index in [1.54, 1.807) is 40.6 Å². The fraction of sp³-hybridized carbons (Fsp3) is 0.190. The molecule has 0 aliphatic heterocycles. The van der Waals surface area contributed by atoms with E-state index in [0.717, 1.165) is 11.1 Å². The highest BCUT2D eigenvalue weighted by atomic mass is 16.5. The van der Waals surface area contributed by atoms with Crippen LogP contribution in [0.4, 0.5) is 0 Å².